The molecule has 206 valence electrons. The number of aliphatic hydroxyl groups excluding tert-OH is 2. The first-order chi connectivity index (χ1) is 20.7. The molecule has 0 unspecified atom stereocenters. The Bertz CT molecular complexity index is 1860. The van der Waals surface area contributed by atoms with Crippen LogP contribution >= 0.6 is 0 Å². The lowest BCUT2D eigenvalue weighted by atomic mass is 9.66. The number of hydrogen-bond acceptors (Lipinski definition) is 4. The van der Waals surface area contributed by atoms with Crippen LogP contribution in [0.5, 0.6) is 11.5 Å². The molecule has 2 aliphatic rings. The van der Waals surface area contributed by atoms with Gasteiger partial charge in [0.05, 0.1) is 18.6 Å². The Balaban J connectivity index is 1.47. The number of fused-ring (bicyclic) bond motifs is 4. The molecule has 4 heteroatoms. The van der Waals surface area contributed by atoms with Crippen LogP contribution in [0.1, 0.15) is 28.7 Å². The lowest BCUT2D eigenvalue weighted by Crippen LogP contribution is -2.29. The maximum absolute atomic E-state index is 9.18. The third-order valence-corrected chi connectivity index (χ3v) is 8.30. The van der Waals surface area contributed by atoms with Gasteiger partial charge in [-0.15, -0.1) is 0 Å². The number of rotatable bonds is 8. The van der Waals surface area contributed by atoms with E-state index < -0.39 is 5.41 Å². The molecule has 0 saturated heterocycles. The van der Waals surface area contributed by atoms with Gasteiger partial charge in [-0.25, -0.2) is 0 Å². The highest BCUT2D eigenvalue weighted by Crippen LogP contribution is 2.56. The quantitative estimate of drug-likeness (QED) is 0.209. The lowest BCUT2D eigenvalue weighted by molar-refractivity contribution is 0.201. The summed E-state index contributed by atoms with van der Waals surface area (Å²) >= 11 is 0. The molecule has 4 nitrogen and oxygen atoms in total. The minimum absolute atomic E-state index is 0.0175. The van der Waals surface area contributed by atoms with Crippen molar-refractivity contribution in [3.63, 3.8) is 0 Å². The van der Waals surface area contributed by atoms with E-state index >= 15 is 0 Å². The fourth-order valence-electron chi connectivity index (χ4n) is 6.54. The summed E-state index contributed by atoms with van der Waals surface area (Å²) in [6, 6.07) is 34.3. The van der Waals surface area contributed by atoms with Crippen LogP contribution in [0.4, 0.5) is 0 Å². The van der Waals surface area contributed by atoms with Crippen LogP contribution in [-0.4, -0.2) is 36.6 Å². The summed E-state index contributed by atoms with van der Waals surface area (Å²) in [6.07, 6.45) is 4.89. The normalized spacial score (nSPS) is 14.7. The maximum atomic E-state index is 9.18. The summed E-state index contributed by atoms with van der Waals surface area (Å²) in [6.45, 7) is 0.504. The molecule has 0 heterocycles. The Kier molecular flexibility index (Phi) is 6.76. The van der Waals surface area contributed by atoms with E-state index in [4.69, 9.17) is 9.47 Å². The smallest absolute Gasteiger partial charge is 0.120 e. The highest BCUT2D eigenvalue weighted by Gasteiger charge is 2.46. The summed E-state index contributed by atoms with van der Waals surface area (Å²) in [5.41, 5.74) is 6.84. The van der Waals surface area contributed by atoms with Crippen LogP contribution in [-0.2, 0) is 5.41 Å². The molecule has 0 bridgehead atoms. The molecule has 0 amide bonds. The predicted octanol–water partition coefficient (Wildman–Crippen LogP) is 6.80. The first-order valence-electron chi connectivity index (χ1n) is 14.3. The molecule has 7 rings (SSSR count). The molecule has 2 aliphatic carbocycles. The Morgan fingerprint density at radius 2 is 1.24 bits per heavy atom. The van der Waals surface area contributed by atoms with Gasteiger partial charge in [-0.1, -0.05) is 72.5 Å². The summed E-state index contributed by atoms with van der Waals surface area (Å²) < 4.78 is 11.4. The monoisotopic (exact) mass is 550 g/mol. The maximum Gasteiger partial charge on any atom is 0.120 e. The molecule has 2 N–H and O–H groups in total. The second-order valence-corrected chi connectivity index (χ2v) is 10.6. The molecule has 0 spiro atoms. The van der Waals surface area contributed by atoms with Gasteiger partial charge in [0.25, 0.3) is 0 Å². The van der Waals surface area contributed by atoms with Crippen LogP contribution in [0.2, 0.25) is 0 Å². The fraction of sp³-hybridized carbons (Fsp3) is 0.158. The van der Waals surface area contributed by atoms with Crippen molar-refractivity contribution >= 4 is 27.1 Å². The van der Waals surface area contributed by atoms with Crippen LogP contribution in [0, 0.1) is 11.8 Å². The SMILES string of the molecule is OCCOc1ccc2cc(C3(c4ccc5cc(OCCO)ccc5c4)C4=C(CC#CC=C4)c4ccccc43)ccc2c1. The summed E-state index contributed by atoms with van der Waals surface area (Å²) in [7, 11) is 0. The van der Waals surface area contributed by atoms with Gasteiger partial charge in [0.15, 0.2) is 0 Å². The van der Waals surface area contributed by atoms with Gasteiger partial charge in [-0.2, -0.15) is 0 Å². The van der Waals surface area contributed by atoms with E-state index in [1.807, 2.05) is 30.3 Å². The molecule has 0 saturated carbocycles. The molecular formula is C38H30O4. The second-order valence-electron chi connectivity index (χ2n) is 10.6. The molecule has 0 aliphatic heterocycles. The second kappa shape index (κ2) is 10.9. The van der Waals surface area contributed by atoms with Crippen molar-refractivity contribution in [2.75, 3.05) is 26.4 Å². The first kappa shape index (κ1) is 26.1. The van der Waals surface area contributed by atoms with E-state index in [2.05, 4.69) is 90.7 Å². The van der Waals surface area contributed by atoms with E-state index in [1.165, 1.54) is 33.4 Å². The molecule has 0 aromatic heterocycles. The van der Waals surface area contributed by atoms with Gasteiger partial charge < -0.3 is 19.7 Å². The number of hydrogen-bond donors (Lipinski definition) is 2. The Morgan fingerprint density at radius 3 is 1.86 bits per heavy atom. The third kappa shape index (κ3) is 4.26. The predicted molar refractivity (Wildman–Crippen MR) is 168 cm³/mol. The zero-order chi connectivity index (χ0) is 28.5. The minimum atomic E-state index is -0.545. The number of aliphatic hydroxyl groups is 2. The lowest BCUT2D eigenvalue weighted by Gasteiger charge is -2.35. The van der Waals surface area contributed by atoms with Crippen molar-refractivity contribution in [1.29, 1.82) is 0 Å². The van der Waals surface area contributed by atoms with Crippen molar-refractivity contribution < 1.29 is 19.7 Å². The van der Waals surface area contributed by atoms with Crippen molar-refractivity contribution in [3.05, 3.63) is 137 Å². The van der Waals surface area contributed by atoms with Crippen molar-refractivity contribution in [3.8, 4) is 23.3 Å². The zero-order valence-electron chi connectivity index (χ0n) is 23.1. The van der Waals surface area contributed by atoms with E-state index in [0.717, 1.165) is 33.0 Å². The number of ether oxygens (including phenoxy) is 2. The van der Waals surface area contributed by atoms with Crippen LogP contribution < -0.4 is 9.47 Å². The average Bonchev–Trinajstić information content (AvgIpc) is 3.14. The Labute approximate surface area is 245 Å². The highest BCUT2D eigenvalue weighted by molar-refractivity contribution is 5.93. The van der Waals surface area contributed by atoms with Gasteiger partial charge in [0.1, 0.15) is 24.7 Å². The van der Waals surface area contributed by atoms with Gasteiger partial charge in [0.2, 0.25) is 0 Å². The average molecular weight is 551 g/mol. The summed E-state index contributed by atoms with van der Waals surface area (Å²) in [5, 5.41) is 22.8. The van der Waals surface area contributed by atoms with E-state index in [9.17, 15) is 10.2 Å². The molecule has 0 atom stereocenters. The van der Waals surface area contributed by atoms with Crippen LogP contribution in [0.3, 0.4) is 0 Å². The zero-order valence-corrected chi connectivity index (χ0v) is 23.1. The van der Waals surface area contributed by atoms with E-state index in [-0.39, 0.29) is 26.4 Å². The summed E-state index contributed by atoms with van der Waals surface area (Å²) in [5.74, 6) is 8.06. The van der Waals surface area contributed by atoms with E-state index in [1.54, 1.807) is 0 Å². The standard InChI is InChI=1S/C38H30O4/c39-18-20-41-32-16-12-26-22-30(14-10-28(26)24-32)38(31-15-11-29-25-33(42-21-19-40)17-13-27(29)23-31)36-8-3-1-2-6-34(36)35-7-4-5-9-37(35)38/h3-5,7-17,22-25,39-40H,6,18-21H2. The number of allylic oxidation sites excluding steroid dienone is 4. The number of benzene rings is 5. The molecular weight excluding hydrogens is 520 g/mol. The molecule has 5 aromatic carbocycles. The van der Waals surface area contributed by atoms with Crippen LogP contribution in [0.15, 0.2) is 115 Å². The Morgan fingerprint density at radius 1 is 0.667 bits per heavy atom. The van der Waals surface area contributed by atoms with Crippen molar-refractivity contribution in [2.24, 2.45) is 0 Å². The Hall–Kier alpha value is -4.82. The molecule has 5 aromatic rings. The molecule has 0 radical (unpaired) electrons. The molecule has 42 heavy (non-hydrogen) atoms. The minimum Gasteiger partial charge on any atom is -0.491 e. The van der Waals surface area contributed by atoms with Gasteiger partial charge >= 0.3 is 0 Å². The topological polar surface area (TPSA) is 58.9 Å². The largest absolute Gasteiger partial charge is 0.491 e. The first-order valence-corrected chi connectivity index (χ1v) is 14.3. The fourth-order valence-corrected chi connectivity index (χ4v) is 6.54. The van der Waals surface area contributed by atoms with Crippen LogP contribution in [0.25, 0.3) is 27.1 Å². The molecule has 0 fully saturated rings. The van der Waals surface area contributed by atoms with Gasteiger partial charge in [-0.3, -0.25) is 0 Å². The van der Waals surface area contributed by atoms with Crippen molar-refractivity contribution in [2.45, 2.75) is 11.8 Å². The van der Waals surface area contributed by atoms with E-state index in [0.29, 0.717) is 6.42 Å². The summed E-state index contributed by atoms with van der Waals surface area (Å²) in [4.78, 5) is 0. The third-order valence-electron chi connectivity index (χ3n) is 8.30. The van der Waals surface area contributed by atoms with Gasteiger partial charge in [0, 0.05) is 6.42 Å². The van der Waals surface area contributed by atoms with Crippen molar-refractivity contribution in [1.82, 2.24) is 0 Å². The highest BCUT2D eigenvalue weighted by atomic mass is 16.5. The van der Waals surface area contributed by atoms with Gasteiger partial charge in [-0.05, 0) is 103 Å².